The van der Waals surface area contributed by atoms with Gasteiger partial charge in [0.25, 0.3) is 0 Å². The molecule has 0 aliphatic rings. The molecule has 0 heterocycles. The number of rotatable bonds is 6. The zero-order valence-electron chi connectivity index (χ0n) is 10.6. The van der Waals surface area contributed by atoms with Crippen molar-refractivity contribution in [3.05, 3.63) is 0 Å². The fraction of sp³-hybridized carbons (Fsp3) is 0.909. The number of hydrogen-bond donors (Lipinski definition) is 1. The zero-order valence-corrected chi connectivity index (χ0v) is 12.0. The summed E-state index contributed by atoms with van der Waals surface area (Å²) in [4.78, 5) is 10.8. The maximum absolute atomic E-state index is 10.8. The van der Waals surface area contributed by atoms with Gasteiger partial charge in [-0.2, -0.15) is 0 Å². The van der Waals surface area contributed by atoms with Crippen molar-refractivity contribution in [3.63, 3.8) is 0 Å². The van der Waals surface area contributed by atoms with Gasteiger partial charge in [0.15, 0.2) is 9.76 Å². The van der Waals surface area contributed by atoms with Gasteiger partial charge in [0.1, 0.15) is 0 Å². The van der Waals surface area contributed by atoms with Crippen LogP contribution in [0, 0.1) is 5.41 Å². The van der Waals surface area contributed by atoms with Crippen molar-refractivity contribution in [1.29, 1.82) is 0 Å². The summed E-state index contributed by atoms with van der Waals surface area (Å²) in [6, 6.07) is 0. The Bertz CT molecular complexity index is 206. The van der Waals surface area contributed by atoms with Crippen molar-refractivity contribution in [3.8, 4) is 0 Å². The van der Waals surface area contributed by atoms with E-state index in [1.54, 1.807) is 13.8 Å². The summed E-state index contributed by atoms with van der Waals surface area (Å²) in [5.41, 5.74) is -0.618. The molecule has 0 aliphatic carbocycles. The largest absolute Gasteiger partial charge is 0.481 e. The number of carbonyl (C=O) groups is 1. The first-order valence-electron chi connectivity index (χ1n) is 5.46. The highest BCUT2D eigenvalue weighted by Gasteiger charge is 2.26. The average Bonchev–Trinajstić information content (AvgIpc) is 2.00. The van der Waals surface area contributed by atoms with E-state index in [1.165, 1.54) is 0 Å². The number of aliphatic carboxylic acids is 1. The van der Waals surface area contributed by atoms with Crippen LogP contribution in [0.2, 0.25) is 5.04 Å². The summed E-state index contributed by atoms with van der Waals surface area (Å²) in [5, 5.41) is 9.22. The SMILES string of the molecule is CC(C)(C)[SiH2]OCCCC(C)(C)C(=O)O. The molecule has 0 saturated heterocycles. The quantitative estimate of drug-likeness (QED) is 0.564. The maximum Gasteiger partial charge on any atom is 0.309 e. The molecule has 0 aliphatic heterocycles. The Morgan fingerprint density at radius 2 is 1.80 bits per heavy atom. The third-order valence-electron chi connectivity index (χ3n) is 2.20. The lowest BCUT2D eigenvalue weighted by atomic mass is 9.88. The average molecular weight is 232 g/mol. The normalized spacial score (nSPS) is 13.7. The molecule has 15 heavy (non-hydrogen) atoms. The molecule has 3 nitrogen and oxygen atoms in total. The number of carboxylic acid groups (broad SMARTS) is 1. The highest BCUT2D eigenvalue weighted by atomic mass is 28.2. The lowest BCUT2D eigenvalue weighted by Gasteiger charge is -2.20. The van der Waals surface area contributed by atoms with Crippen LogP contribution in [0.1, 0.15) is 47.5 Å². The van der Waals surface area contributed by atoms with E-state index in [9.17, 15) is 4.79 Å². The van der Waals surface area contributed by atoms with Gasteiger partial charge in [0.05, 0.1) is 5.41 Å². The van der Waals surface area contributed by atoms with Crippen molar-refractivity contribution in [2.45, 2.75) is 52.5 Å². The molecule has 4 heteroatoms. The molecule has 0 fully saturated rings. The number of hydrogen-bond acceptors (Lipinski definition) is 2. The summed E-state index contributed by atoms with van der Waals surface area (Å²) in [5.74, 6) is -0.726. The van der Waals surface area contributed by atoms with Crippen molar-refractivity contribution >= 4 is 15.7 Å². The minimum atomic E-state index is -0.726. The Morgan fingerprint density at radius 3 is 2.20 bits per heavy atom. The molecule has 0 aromatic heterocycles. The summed E-state index contributed by atoms with van der Waals surface area (Å²) >= 11 is 0. The van der Waals surface area contributed by atoms with Gasteiger partial charge in [-0.15, -0.1) is 0 Å². The lowest BCUT2D eigenvalue weighted by molar-refractivity contribution is -0.147. The van der Waals surface area contributed by atoms with E-state index in [2.05, 4.69) is 20.8 Å². The van der Waals surface area contributed by atoms with Gasteiger partial charge >= 0.3 is 5.97 Å². The zero-order chi connectivity index (χ0) is 12.1. The van der Waals surface area contributed by atoms with E-state index in [0.717, 1.165) is 6.42 Å². The van der Waals surface area contributed by atoms with Gasteiger partial charge in [0.2, 0.25) is 0 Å². The molecule has 0 rings (SSSR count). The topological polar surface area (TPSA) is 46.5 Å². The van der Waals surface area contributed by atoms with Crippen LogP contribution in [0.15, 0.2) is 0 Å². The third-order valence-corrected chi connectivity index (χ3v) is 3.56. The molecule has 0 bridgehead atoms. The molecule has 0 aromatic rings. The fourth-order valence-corrected chi connectivity index (χ4v) is 2.06. The first-order chi connectivity index (χ1) is 6.65. The van der Waals surface area contributed by atoms with E-state index in [0.29, 0.717) is 18.1 Å². The minimum absolute atomic E-state index is 0.322. The van der Waals surface area contributed by atoms with Crippen molar-refractivity contribution in [2.75, 3.05) is 6.61 Å². The van der Waals surface area contributed by atoms with Crippen LogP contribution >= 0.6 is 0 Å². The molecule has 0 saturated carbocycles. The van der Waals surface area contributed by atoms with E-state index in [1.807, 2.05) is 0 Å². The predicted molar refractivity (Wildman–Crippen MR) is 64.9 cm³/mol. The van der Waals surface area contributed by atoms with Gasteiger partial charge in [-0.05, 0) is 31.7 Å². The van der Waals surface area contributed by atoms with Crippen LogP contribution < -0.4 is 0 Å². The first-order valence-corrected chi connectivity index (χ1v) is 6.75. The molecule has 90 valence electrons. The van der Waals surface area contributed by atoms with E-state index >= 15 is 0 Å². The van der Waals surface area contributed by atoms with Gasteiger partial charge in [-0.1, -0.05) is 20.8 Å². The summed E-state index contributed by atoms with van der Waals surface area (Å²) in [7, 11) is -0.481. The van der Waals surface area contributed by atoms with Gasteiger partial charge in [0, 0.05) is 6.61 Å². The summed E-state index contributed by atoms with van der Waals surface area (Å²) in [6.45, 7) is 10.8. The van der Waals surface area contributed by atoms with Gasteiger partial charge in [-0.25, -0.2) is 0 Å². The van der Waals surface area contributed by atoms with Crippen LogP contribution in [-0.4, -0.2) is 27.4 Å². The molecule has 0 spiro atoms. The van der Waals surface area contributed by atoms with Crippen LogP contribution in [0.5, 0.6) is 0 Å². The van der Waals surface area contributed by atoms with Crippen LogP contribution in [0.4, 0.5) is 0 Å². The van der Waals surface area contributed by atoms with Crippen LogP contribution in [-0.2, 0) is 9.22 Å². The van der Waals surface area contributed by atoms with E-state index in [4.69, 9.17) is 9.53 Å². The van der Waals surface area contributed by atoms with Gasteiger partial charge in [-0.3, -0.25) is 4.79 Å². The molecule has 0 atom stereocenters. The second kappa shape index (κ2) is 5.65. The highest BCUT2D eigenvalue weighted by molar-refractivity contribution is 6.31. The van der Waals surface area contributed by atoms with Crippen LogP contribution in [0.25, 0.3) is 0 Å². The lowest BCUT2D eigenvalue weighted by Crippen LogP contribution is -2.24. The van der Waals surface area contributed by atoms with E-state index < -0.39 is 21.1 Å². The Balaban J connectivity index is 3.60. The Kier molecular flexibility index (Phi) is 5.52. The van der Waals surface area contributed by atoms with E-state index in [-0.39, 0.29) is 0 Å². The maximum atomic E-state index is 10.8. The smallest absolute Gasteiger partial charge is 0.309 e. The Morgan fingerprint density at radius 1 is 1.27 bits per heavy atom. The summed E-state index contributed by atoms with van der Waals surface area (Å²) in [6.07, 6.45) is 1.52. The van der Waals surface area contributed by atoms with Crippen LogP contribution in [0.3, 0.4) is 0 Å². The first kappa shape index (κ1) is 14.6. The second-order valence-electron chi connectivity index (χ2n) is 5.91. The minimum Gasteiger partial charge on any atom is -0.481 e. The van der Waals surface area contributed by atoms with Gasteiger partial charge < -0.3 is 9.53 Å². The predicted octanol–water partition coefficient (Wildman–Crippen LogP) is 2.20. The monoisotopic (exact) mass is 232 g/mol. The molecular formula is C11H24O3Si. The summed E-state index contributed by atoms with van der Waals surface area (Å²) < 4.78 is 5.62. The third kappa shape index (κ3) is 7.56. The molecule has 0 radical (unpaired) electrons. The van der Waals surface area contributed by atoms with Crippen molar-refractivity contribution < 1.29 is 14.3 Å². The highest BCUT2D eigenvalue weighted by Crippen LogP contribution is 2.23. The fourth-order valence-electron chi connectivity index (χ4n) is 1.10. The standard InChI is InChI=1S/C11H24O3Si/c1-10(2,3)15-14-8-6-7-11(4,5)9(12)13/h6-8,15H2,1-5H3,(H,12,13). The second-order valence-corrected chi connectivity index (χ2v) is 8.72. The molecular weight excluding hydrogens is 208 g/mol. The Hall–Kier alpha value is -0.353. The Labute approximate surface area is 95.2 Å². The molecule has 0 aromatic carbocycles. The number of carboxylic acids is 1. The molecule has 0 amide bonds. The van der Waals surface area contributed by atoms with Crippen molar-refractivity contribution in [2.24, 2.45) is 5.41 Å². The van der Waals surface area contributed by atoms with Crippen molar-refractivity contribution in [1.82, 2.24) is 0 Å². The molecule has 0 unspecified atom stereocenters. The molecule has 1 N–H and O–H groups in total.